The third-order valence-electron chi connectivity index (χ3n) is 3.99. The van der Waals surface area contributed by atoms with Crippen molar-refractivity contribution in [1.82, 2.24) is 4.90 Å². The number of benzene rings is 1. The van der Waals surface area contributed by atoms with Crippen LogP contribution in [0.2, 0.25) is 0 Å². The van der Waals surface area contributed by atoms with E-state index in [1.165, 1.54) is 18.4 Å². The summed E-state index contributed by atoms with van der Waals surface area (Å²) in [5.41, 5.74) is 3.19. The molecule has 0 saturated heterocycles. The molecule has 1 heterocycles. The molecule has 1 aromatic rings. The molecular formula is C14H16BrNO. The predicted octanol–water partition coefficient (Wildman–Crippen LogP) is 3.51. The second-order valence-electron chi connectivity index (χ2n) is 5.27. The molecule has 3 heteroatoms. The van der Waals surface area contributed by atoms with Crippen LogP contribution >= 0.6 is 15.9 Å². The Morgan fingerprint density at radius 2 is 2.12 bits per heavy atom. The molecule has 1 saturated carbocycles. The summed E-state index contributed by atoms with van der Waals surface area (Å²) < 4.78 is 1.07. The first-order chi connectivity index (χ1) is 8.08. The Hall–Kier alpha value is -0.830. The van der Waals surface area contributed by atoms with Crippen LogP contribution < -0.4 is 0 Å². The molecule has 1 aliphatic heterocycles. The first kappa shape index (κ1) is 11.3. The summed E-state index contributed by atoms with van der Waals surface area (Å²) in [4.78, 5) is 14.5. The van der Waals surface area contributed by atoms with E-state index in [1.54, 1.807) is 0 Å². The van der Waals surface area contributed by atoms with Crippen molar-refractivity contribution >= 4 is 21.8 Å². The lowest BCUT2D eigenvalue weighted by Crippen LogP contribution is -2.34. The summed E-state index contributed by atoms with van der Waals surface area (Å²) in [5.74, 6) is 0.960. The van der Waals surface area contributed by atoms with Gasteiger partial charge in [-0.15, -0.1) is 0 Å². The Morgan fingerprint density at radius 1 is 1.41 bits per heavy atom. The van der Waals surface area contributed by atoms with Crippen molar-refractivity contribution < 1.29 is 4.79 Å². The van der Waals surface area contributed by atoms with Crippen molar-refractivity contribution in [3.05, 3.63) is 33.3 Å². The van der Waals surface area contributed by atoms with Crippen LogP contribution in [0.5, 0.6) is 0 Å². The smallest absolute Gasteiger partial charge is 0.255 e. The van der Waals surface area contributed by atoms with Gasteiger partial charge in [0, 0.05) is 22.6 Å². The predicted molar refractivity (Wildman–Crippen MR) is 70.9 cm³/mol. The number of hydrogen-bond acceptors (Lipinski definition) is 1. The Labute approximate surface area is 110 Å². The number of nitrogens with zero attached hydrogens (tertiary/aromatic N) is 1. The van der Waals surface area contributed by atoms with Gasteiger partial charge in [0.2, 0.25) is 0 Å². The van der Waals surface area contributed by atoms with Crippen LogP contribution in [0.1, 0.15) is 41.3 Å². The van der Waals surface area contributed by atoms with E-state index in [4.69, 9.17) is 0 Å². The standard InChI is InChI=1S/C14H16BrNO/c1-8-5-12(15)6-11-7-16(14(17)13(8)11)9(2)10-3-4-10/h5-6,9-10H,3-4,7H2,1-2H3/t9-/m0/s1. The molecule has 0 aromatic heterocycles. The van der Waals surface area contributed by atoms with Crippen LogP contribution in [0, 0.1) is 12.8 Å². The molecule has 0 N–H and O–H groups in total. The number of hydrogen-bond donors (Lipinski definition) is 0. The molecule has 1 fully saturated rings. The fraction of sp³-hybridized carbons (Fsp3) is 0.500. The van der Waals surface area contributed by atoms with Crippen molar-refractivity contribution in [3.8, 4) is 0 Å². The molecule has 2 aliphatic rings. The van der Waals surface area contributed by atoms with Gasteiger partial charge in [0.05, 0.1) is 0 Å². The number of rotatable bonds is 2. The third kappa shape index (κ3) is 1.81. The highest BCUT2D eigenvalue weighted by molar-refractivity contribution is 9.10. The lowest BCUT2D eigenvalue weighted by molar-refractivity contribution is 0.0697. The molecule has 2 nitrogen and oxygen atoms in total. The van der Waals surface area contributed by atoms with Crippen LogP contribution in [0.4, 0.5) is 0 Å². The lowest BCUT2D eigenvalue weighted by Gasteiger charge is -2.24. The summed E-state index contributed by atoms with van der Waals surface area (Å²) in [5, 5.41) is 0. The monoisotopic (exact) mass is 293 g/mol. The average molecular weight is 294 g/mol. The number of carbonyl (C=O) groups excluding carboxylic acids is 1. The molecule has 1 aliphatic carbocycles. The Bertz CT molecular complexity index is 493. The molecule has 1 amide bonds. The van der Waals surface area contributed by atoms with Gasteiger partial charge in [-0.3, -0.25) is 4.79 Å². The van der Waals surface area contributed by atoms with E-state index in [-0.39, 0.29) is 5.91 Å². The van der Waals surface area contributed by atoms with Gasteiger partial charge in [-0.05, 0) is 55.9 Å². The zero-order valence-corrected chi connectivity index (χ0v) is 11.8. The third-order valence-corrected chi connectivity index (χ3v) is 4.45. The van der Waals surface area contributed by atoms with Gasteiger partial charge >= 0.3 is 0 Å². The Balaban J connectivity index is 1.96. The van der Waals surface area contributed by atoms with Gasteiger partial charge in [-0.2, -0.15) is 0 Å². The summed E-state index contributed by atoms with van der Waals surface area (Å²) in [6, 6.07) is 4.51. The van der Waals surface area contributed by atoms with Crippen LogP contribution in [0.15, 0.2) is 16.6 Å². The van der Waals surface area contributed by atoms with Crippen molar-refractivity contribution in [1.29, 1.82) is 0 Å². The topological polar surface area (TPSA) is 20.3 Å². The highest BCUT2D eigenvalue weighted by atomic mass is 79.9. The first-order valence-corrected chi connectivity index (χ1v) is 6.97. The number of amides is 1. The van der Waals surface area contributed by atoms with Crippen molar-refractivity contribution in [3.63, 3.8) is 0 Å². The minimum Gasteiger partial charge on any atom is -0.331 e. The van der Waals surface area contributed by atoms with Crippen molar-refractivity contribution in [2.24, 2.45) is 5.92 Å². The van der Waals surface area contributed by atoms with E-state index in [9.17, 15) is 4.79 Å². The summed E-state index contributed by atoms with van der Waals surface area (Å²) in [6.45, 7) is 4.99. The fourth-order valence-electron chi connectivity index (χ4n) is 2.80. The molecule has 1 aromatic carbocycles. The first-order valence-electron chi connectivity index (χ1n) is 6.18. The molecule has 0 bridgehead atoms. The van der Waals surface area contributed by atoms with E-state index in [2.05, 4.69) is 28.9 Å². The summed E-state index contributed by atoms with van der Waals surface area (Å²) in [6.07, 6.45) is 2.56. The molecule has 17 heavy (non-hydrogen) atoms. The molecule has 90 valence electrons. The van der Waals surface area contributed by atoms with E-state index in [0.717, 1.165) is 28.1 Å². The van der Waals surface area contributed by atoms with Crippen LogP contribution in [0.3, 0.4) is 0 Å². The lowest BCUT2D eigenvalue weighted by atomic mass is 10.0. The van der Waals surface area contributed by atoms with Crippen molar-refractivity contribution in [2.45, 2.75) is 39.3 Å². The number of carbonyl (C=O) groups is 1. The van der Waals surface area contributed by atoms with Gasteiger partial charge in [0.25, 0.3) is 5.91 Å². The molecular weight excluding hydrogens is 278 g/mol. The maximum absolute atomic E-state index is 12.4. The summed E-state index contributed by atoms with van der Waals surface area (Å²) in [7, 11) is 0. The molecule has 0 radical (unpaired) electrons. The highest BCUT2D eigenvalue weighted by Gasteiger charge is 2.38. The van der Waals surface area contributed by atoms with Gasteiger partial charge in [0.1, 0.15) is 0 Å². The molecule has 1 atom stereocenters. The number of fused-ring (bicyclic) bond motifs is 1. The van der Waals surface area contributed by atoms with Crippen LogP contribution in [-0.2, 0) is 6.54 Å². The summed E-state index contributed by atoms with van der Waals surface area (Å²) >= 11 is 3.50. The Morgan fingerprint density at radius 3 is 2.76 bits per heavy atom. The molecule has 3 rings (SSSR count). The van der Waals surface area contributed by atoms with Gasteiger partial charge in [0.15, 0.2) is 0 Å². The van der Waals surface area contributed by atoms with Crippen LogP contribution in [-0.4, -0.2) is 16.8 Å². The second kappa shape index (κ2) is 3.84. The van der Waals surface area contributed by atoms with E-state index in [0.29, 0.717) is 6.04 Å². The van der Waals surface area contributed by atoms with Gasteiger partial charge in [-0.1, -0.05) is 15.9 Å². The maximum atomic E-state index is 12.4. The van der Waals surface area contributed by atoms with Crippen molar-refractivity contribution in [2.75, 3.05) is 0 Å². The van der Waals surface area contributed by atoms with Gasteiger partial charge in [-0.25, -0.2) is 0 Å². The second-order valence-corrected chi connectivity index (χ2v) is 6.18. The van der Waals surface area contributed by atoms with Gasteiger partial charge < -0.3 is 4.90 Å². The van der Waals surface area contributed by atoms with E-state index < -0.39 is 0 Å². The quantitative estimate of drug-likeness (QED) is 0.817. The zero-order valence-electron chi connectivity index (χ0n) is 10.2. The van der Waals surface area contributed by atoms with Crippen LogP contribution in [0.25, 0.3) is 0 Å². The average Bonchev–Trinajstić information content (AvgIpc) is 3.03. The SMILES string of the molecule is Cc1cc(Br)cc2c1C(=O)N([C@@H](C)C1CC1)C2. The largest absolute Gasteiger partial charge is 0.331 e. The minimum atomic E-state index is 0.226. The Kier molecular flexibility index (Phi) is 2.54. The molecule has 0 spiro atoms. The molecule has 0 unspecified atom stereocenters. The maximum Gasteiger partial charge on any atom is 0.255 e. The normalized spacial score (nSPS) is 20.6. The minimum absolute atomic E-state index is 0.226. The fourth-order valence-corrected chi connectivity index (χ4v) is 3.42. The highest BCUT2D eigenvalue weighted by Crippen LogP contribution is 2.39. The zero-order chi connectivity index (χ0) is 12.2. The van der Waals surface area contributed by atoms with E-state index >= 15 is 0 Å². The number of halogens is 1. The number of aryl methyl sites for hydroxylation is 1. The van der Waals surface area contributed by atoms with E-state index in [1.807, 2.05) is 17.9 Å².